The lowest BCUT2D eigenvalue weighted by atomic mass is 10.3. The Kier molecular flexibility index (Phi) is 1.14. The van der Waals surface area contributed by atoms with Gasteiger partial charge in [-0.2, -0.15) is 0 Å². The first-order valence-electron chi connectivity index (χ1n) is 2.90. The van der Waals surface area contributed by atoms with Gasteiger partial charge in [0.05, 0.1) is 11.6 Å². The molecule has 0 aliphatic heterocycles. The first kappa shape index (κ1) is 6.04. The number of hydrogen-bond acceptors (Lipinski definition) is 2. The van der Waals surface area contributed by atoms with Gasteiger partial charge < -0.3 is 8.83 Å². The monoisotopic (exact) mass is 200 g/mol. The van der Waals surface area contributed by atoms with Gasteiger partial charge in [-0.25, -0.2) is 0 Å². The molecule has 3 heteroatoms. The largest absolute Gasteiger partial charge is 0.433 e. The molecule has 0 radical (unpaired) electrons. The molecular weight excluding hydrogens is 196 g/mol. The van der Waals surface area contributed by atoms with Crippen molar-refractivity contribution in [3.8, 4) is 0 Å². The van der Waals surface area contributed by atoms with E-state index in [-0.39, 0.29) is 0 Å². The second-order valence-electron chi connectivity index (χ2n) is 2.17. The van der Waals surface area contributed by atoms with E-state index in [1.165, 1.54) is 0 Å². The Bertz CT molecular complexity index is 358. The molecule has 2 nitrogen and oxygen atoms in total. The SMILES string of the molecule is Cc1coc2oc(Br)cc12. The van der Waals surface area contributed by atoms with Crippen molar-refractivity contribution in [2.45, 2.75) is 6.92 Å². The molecule has 0 amide bonds. The number of furan rings is 2. The fraction of sp³-hybridized carbons (Fsp3) is 0.143. The molecule has 0 saturated heterocycles. The molecule has 2 heterocycles. The molecule has 10 heavy (non-hydrogen) atoms. The third-order valence-corrected chi connectivity index (χ3v) is 1.83. The minimum Gasteiger partial charge on any atom is -0.433 e. The van der Waals surface area contributed by atoms with E-state index in [0.29, 0.717) is 10.4 Å². The van der Waals surface area contributed by atoms with Crippen LogP contribution in [0.3, 0.4) is 0 Å². The quantitative estimate of drug-likeness (QED) is 0.654. The first-order chi connectivity index (χ1) is 4.77. The molecule has 2 aromatic rings. The molecule has 0 aliphatic carbocycles. The molecule has 52 valence electrons. The molecule has 2 aromatic heterocycles. The van der Waals surface area contributed by atoms with Gasteiger partial charge in [-0.15, -0.1) is 0 Å². The fourth-order valence-corrected chi connectivity index (χ4v) is 1.29. The van der Waals surface area contributed by atoms with E-state index in [9.17, 15) is 0 Å². The number of fused-ring (bicyclic) bond motifs is 1. The number of rotatable bonds is 0. The van der Waals surface area contributed by atoms with Crippen LogP contribution in [0.1, 0.15) is 5.56 Å². The maximum atomic E-state index is 5.14. The minimum atomic E-state index is 0.587. The van der Waals surface area contributed by atoms with Crippen molar-refractivity contribution in [1.29, 1.82) is 0 Å². The van der Waals surface area contributed by atoms with Gasteiger partial charge >= 0.3 is 0 Å². The number of aryl methyl sites for hydroxylation is 1. The smallest absolute Gasteiger partial charge is 0.298 e. The van der Waals surface area contributed by atoms with Crippen molar-refractivity contribution in [2.24, 2.45) is 0 Å². The van der Waals surface area contributed by atoms with Crippen molar-refractivity contribution in [1.82, 2.24) is 0 Å². The van der Waals surface area contributed by atoms with Crippen molar-refractivity contribution in [2.75, 3.05) is 0 Å². The maximum Gasteiger partial charge on any atom is 0.298 e. The normalized spacial score (nSPS) is 11.0. The van der Waals surface area contributed by atoms with Crippen LogP contribution in [0.25, 0.3) is 11.2 Å². The maximum absolute atomic E-state index is 5.14. The van der Waals surface area contributed by atoms with Crippen LogP contribution in [-0.4, -0.2) is 0 Å². The van der Waals surface area contributed by atoms with Gasteiger partial charge in [0.2, 0.25) is 0 Å². The zero-order chi connectivity index (χ0) is 7.14. The highest BCUT2D eigenvalue weighted by atomic mass is 79.9. The van der Waals surface area contributed by atoms with Crippen LogP contribution in [0.4, 0.5) is 0 Å². The van der Waals surface area contributed by atoms with E-state index < -0.39 is 0 Å². The van der Waals surface area contributed by atoms with Crippen molar-refractivity contribution >= 4 is 27.1 Å². The second-order valence-corrected chi connectivity index (χ2v) is 2.95. The van der Waals surface area contributed by atoms with E-state index in [2.05, 4.69) is 15.9 Å². The summed E-state index contributed by atoms with van der Waals surface area (Å²) in [5.74, 6) is 0.587. The van der Waals surface area contributed by atoms with E-state index in [1.807, 2.05) is 13.0 Å². The van der Waals surface area contributed by atoms with Gasteiger partial charge in [0, 0.05) is 6.07 Å². The molecule has 0 bridgehead atoms. The average Bonchev–Trinajstić information content (AvgIpc) is 2.35. The van der Waals surface area contributed by atoms with Gasteiger partial charge in [-0.1, -0.05) is 0 Å². The molecule has 2 rings (SSSR count). The Balaban J connectivity index is 2.90. The molecule has 0 spiro atoms. The first-order valence-corrected chi connectivity index (χ1v) is 3.70. The third kappa shape index (κ3) is 0.703. The summed E-state index contributed by atoms with van der Waals surface area (Å²) in [4.78, 5) is 0. The molecular formula is C7H5BrO2. The molecule has 0 unspecified atom stereocenters. The topological polar surface area (TPSA) is 26.3 Å². The van der Waals surface area contributed by atoms with E-state index in [1.54, 1.807) is 6.26 Å². The predicted octanol–water partition coefficient (Wildman–Crippen LogP) is 3.10. The summed E-state index contributed by atoms with van der Waals surface area (Å²) in [5, 5.41) is 1.03. The van der Waals surface area contributed by atoms with Crippen molar-refractivity contribution < 1.29 is 8.83 Å². The lowest BCUT2D eigenvalue weighted by Gasteiger charge is -1.73. The number of hydrogen-bond donors (Lipinski definition) is 0. The summed E-state index contributed by atoms with van der Waals surface area (Å²) >= 11 is 3.21. The zero-order valence-corrected chi connectivity index (χ0v) is 6.94. The summed E-state index contributed by atoms with van der Waals surface area (Å²) < 4.78 is 10.9. The van der Waals surface area contributed by atoms with E-state index in [4.69, 9.17) is 8.83 Å². The Morgan fingerprint density at radius 1 is 1.50 bits per heavy atom. The van der Waals surface area contributed by atoms with E-state index >= 15 is 0 Å². The molecule has 0 saturated carbocycles. The van der Waals surface area contributed by atoms with Crippen LogP contribution < -0.4 is 0 Å². The molecule has 0 aliphatic rings. The number of halogens is 1. The summed E-state index contributed by atoms with van der Waals surface area (Å²) in [6.07, 6.45) is 1.68. The highest BCUT2D eigenvalue weighted by Crippen LogP contribution is 2.26. The predicted molar refractivity (Wildman–Crippen MR) is 40.9 cm³/mol. The van der Waals surface area contributed by atoms with Crippen molar-refractivity contribution in [3.63, 3.8) is 0 Å². The summed E-state index contributed by atoms with van der Waals surface area (Å²) in [5.41, 5.74) is 1.10. The highest BCUT2D eigenvalue weighted by molar-refractivity contribution is 9.10. The van der Waals surface area contributed by atoms with E-state index in [0.717, 1.165) is 10.9 Å². The lowest BCUT2D eigenvalue weighted by Crippen LogP contribution is -1.56. The summed E-state index contributed by atoms with van der Waals surface area (Å²) in [7, 11) is 0. The van der Waals surface area contributed by atoms with Crippen LogP contribution in [-0.2, 0) is 0 Å². The molecule has 0 N–H and O–H groups in total. The highest BCUT2D eigenvalue weighted by Gasteiger charge is 2.06. The van der Waals surface area contributed by atoms with Gasteiger partial charge in [0.1, 0.15) is 0 Å². The zero-order valence-electron chi connectivity index (χ0n) is 5.35. The summed E-state index contributed by atoms with van der Waals surface area (Å²) in [6.45, 7) is 1.98. The molecule has 0 fully saturated rings. The molecule has 0 atom stereocenters. The van der Waals surface area contributed by atoms with Gasteiger partial charge in [-0.3, -0.25) is 0 Å². The Morgan fingerprint density at radius 2 is 2.30 bits per heavy atom. The van der Waals surface area contributed by atoms with Crippen LogP contribution in [0.15, 0.2) is 25.8 Å². The second kappa shape index (κ2) is 1.89. The Labute approximate surface area is 65.9 Å². The lowest BCUT2D eigenvalue weighted by molar-refractivity contribution is 0.464. The fourth-order valence-electron chi connectivity index (χ4n) is 0.913. The van der Waals surface area contributed by atoms with Crippen LogP contribution >= 0.6 is 15.9 Å². The van der Waals surface area contributed by atoms with Crippen LogP contribution in [0.5, 0.6) is 0 Å². The van der Waals surface area contributed by atoms with Gasteiger partial charge in [-0.05, 0) is 28.4 Å². The average molecular weight is 201 g/mol. The molecule has 0 aromatic carbocycles. The van der Waals surface area contributed by atoms with Gasteiger partial charge in [0.15, 0.2) is 4.67 Å². The van der Waals surface area contributed by atoms with Crippen LogP contribution in [0.2, 0.25) is 0 Å². The van der Waals surface area contributed by atoms with Gasteiger partial charge in [0.25, 0.3) is 5.78 Å². The third-order valence-electron chi connectivity index (χ3n) is 1.44. The summed E-state index contributed by atoms with van der Waals surface area (Å²) in [6, 6.07) is 1.90. The Morgan fingerprint density at radius 3 is 3.00 bits per heavy atom. The van der Waals surface area contributed by atoms with Crippen molar-refractivity contribution in [3.05, 3.63) is 22.6 Å². The standard InChI is InChI=1S/C7H5BrO2/c1-4-3-9-7-5(4)2-6(8)10-7/h2-3H,1H3. The van der Waals surface area contributed by atoms with Crippen LogP contribution in [0, 0.1) is 6.92 Å². The Hall–Kier alpha value is -0.700. The minimum absolute atomic E-state index is 0.587.